The van der Waals surface area contributed by atoms with Gasteiger partial charge in [-0.05, 0) is 19.1 Å². The SMILES string of the molecule is C[C@H]1CN(c2cc(C#N)ccn2)CCN1. The van der Waals surface area contributed by atoms with E-state index < -0.39 is 0 Å². The minimum Gasteiger partial charge on any atom is -0.354 e. The fourth-order valence-corrected chi connectivity index (χ4v) is 1.80. The van der Waals surface area contributed by atoms with Gasteiger partial charge in [0.1, 0.15) is 5.82 Å². The van der Waals surface area contributed by atoms with Crippen molar-refractivity contribution >= 4 is 5.82 Å². The van der Waals surface area contributed by atoms with Gasteiger partial charge >= 0.3 is 0 Å². The summed E-state index contributed by atoms with van der Waals surface area (Å²) in [5.74, 6) is 0.905. The highest BCUT2D eigenvalue weighted by Crippen LogP contribution is 2.13. The van der Waals surface area contributed by atoms with Gasteiger partial charge in [-0.25, -0.2) is 4.98 Å². The number of nitrogens with one attached hydrogen (secondary N) is 1. The Morgan fingerprint density at radius 1 is 1.67 bits per heavy atom. The summed E-state index contributed by atoms with van der Waals surface area (Å²) in [6.45, 7) is 5.02. The molecule has 0 spiro atoms. The first-order chi connectivity index (χ1) is 7.29. The van der Waals surface area contributed by atoms with E-state index >= 15 is 0 Å². The molecule has 1 aromatic rings. The molecule has 4 nitrogen and oxygen atoms in total. The molecule has 2 heterocycles. The van der Waals surface area contributed by atoms with E-state index in [1.165, 1.54) is 0 Å². The van der Waals surface area contributed by atoms with Crippen molar-refractivity contribution in [3.05, 3.63) is 23.9 Å². The van der Waals surface area contributed by atoms with Crippen LogP contribution in [0.5, 0.6) is 0 Å². The Bertz CT molecular complexity index is 382. The molecule has 1 atom stereocenters. The quantitative estimate of drug-likeness (QED) is 0.730. The molecule has 0 bridgehead atoms. The molecule has 2 rings (SSSR count). The normalized spacial score (nSPS) is 21.1. The number of hydrogen-bond acceptors (Lipinski definition) is 4. The number of nitriles is 1. The van der Waals surface area contributed by atoms with Crippen LogP contribution < -0.4 is 10.2 Å². The molecular weight excluding hydrogens is 188 g/mol. The molecule has 4 heteroatoms. The zero-order chi connectivity index (χ0) is 10.7. The Labute approximate surface area is 89.5 Å². The number of pyridine rings is 1. The number of anilines is 1. The summed E-state index contributed by atoms with van der Waals surface area (Å²) < 4.78 is 0. The molecule has 1 aromatic heterocycles. The van der Waals surface area contributed by atoms with Gasteiger partial charge in [0.2, 0.25) is 0 Å². The lowest BCUT2D eigenvalue weighted by molar-refractivity contribution is 0.482. The Balaban J connectivity index is 2.18. The van der Waals surface area contributed by atoms with Crippen LogP contribution in [0.4, 0.5) is 5.82 Å². The van der Waals surface area contributed by atoms with Crippen LogP contribution in [0.25, 0.3) is 0 Å². The summed E-state index contributed by atoms with van der Waals surface area (Å²) in [4.78, 5) is 6.50. The van der Waals surface area contributed by atoms with Crippen LogP contribution in [0.3, 0.4) is 0 Å². The average molecular weight is 202 g/mol. The first kappa shape index (κ1) is 9.94. The van der Waals surface area contributed by atoms with E-state index in [-0.39, 0.29) is 0 Å². The Morgan fingerprint density at radius 2 is 2.53 bits per heavy atom. The summed E-state index contributed by atoms with van der Waals surface area (Å²) >= 11 is 0. The van der Waals surface area contributed by atoms with Crippen LogP contribution in [0.1, 0.15) is 12.5 Å². The number of aromatic nitrogens is 1. The van der Waals surface area contributed by atoms with Crippen molar-refractivity contribution in [2.75, 3.05) is 24.5 Å². The van der Waals surface area contributed by atoms with Crippen LogP contribution >= 0.6 is 0 Å². The topological polar surface area (TPSA) is 52.0 Å². The highest BCUT2D eigenvalue weighted by atomic mass is 15.2. The summed E-state index contributed by atoms with van der Waals surface area (Å²) in [5, 5.41) is 12.2. The summed E-state index contributed by atoms with van der Waals surface area (Å²) in [7, 11) is 0. The summed E-state index contributed by atoms with van der Waals surface area (Å²) in [6.07, 6.45) is 1.70. The van der Waals surface area contributed by atoms with E-state index in [4.69, 9.17) is 5.26 Å². The third-order valence-electron chi connectivity index (χ3n) is 2.57. The second-order valence-corrected chi connectivity index (χ2v) is 3.82. The molecule has 1 fully saturated rings. The van der Waals surface area contributed by atoms with Gasteiger partial charge in [-0.1, -0.05) is 0 Å². The molecule has 1 N–H and O–H groups in total. The average Bonchev–Trinajstić information content (AvgIpc) is 2.29. The molecular formula is C11H14N4. The number of hydrogen-bond donors (Lipinski definition) is 1. The van der Waals surface area contributed by atoms with Crippen molar-refractivity contribution in [2.24, 2.45) is 0 Å². The van der Waals surface area contributed by atoms with Gasteiger partial charge < -0.3 is 10.2 Å². The third kappa shape index (κ3) is 2.25. The van der Waals surface area contributed by atoms with E-state index in [9.17, 15) is 0 Å². The molecule has 0 unspecified atom stereocenters. The highest BCUT2D eigenvalue weighted by molar-refractivity contribution is 5.45. The Hall–Kier alpha value is -1.60. The lowest BCUT2D eigenvalue weighted by Gasteiger charge is -2.32. The molecule has 1 aliphatic heterocycles. The Morgan fingerprint density at radius 3 is 3.27 bits per heavy atom. The highest BCUT2D eigenvalue weighted by Gasteiger charge is 2.16. The molecule has 0 amide bonds. The van der Waals surface area contributed by atoms with E-state index in [1.807, 2.05) is 6.07 Å². The molecule has 78 valence electrons. The monoisotopic (exact) mass is 202 g/mol. The lowest BCUT2D eigenvalue weighted by atomic mass is 10.2. The van der Waals surface area contributed by atoms with Crippen molar-refractivity contribution < 1.29 is 0 Å². The predicted octanol–water partition coefficient (Wildman–Crippen LogP) is 0.751. The largest absolute Gasteiger partial charge is 0.354 e. The molecule has 0 radical (unpaired) electrons. The number of piperazine rings is 1. The van der Waals surface area contributed by atoms with E-state index in [1.54, 1.807) is 12.3 Å². The van der Waals surface area contributed by atoms with Crippen molar-refractivity contribution in [1.82, 2.24) is 10.3 Å². The van der Waals surface area contributed by atoms with Gasteiger partial charge in [0, 0.05) is 31.9 Å². The maximum atomic E-state index is 8.80. The second-order valence-electron chi connectivity index (χ2n) is 3.82. The van der Waals surface area contributed by atoms with E-state index in [2.05, 4.69) is 28.2 Å². The van der Waals surface area contributed by atoms with Crippen molar-refractivity contribution in [3.8, 4) is 6.07 Å². The summed E-state index contributed by atoms with van der Waals surface area (Å²) in [5.41, 5.74) is 0.672. The van der Waals surface area contributed by atoms with Gasteiger partial charge in [-0.3, -0.25) is 0 Å². The molecule has 1 aliphatic rings. The molecule has 0 aromatic carbocycles. The van der Waals surface area contributed by atoms with Gasteiger partial charge in [0.25, 0.3) is 0 Å². The van der Waals surface area contributed by atoms with Crippen molar-refractivity contribution in [1.29, 1.82) is 5.26 Å². The van der Waals surface area contributed by atoms with Crippen LogP contribution in [0.2, 0.25) is 0 Å². The number of rotatable bonds is 1. The zero-order valence-corrected chi connectivity index (χ0v) is 8.77. The van der Waals surface area contributed by atoms with Crippen LogP contribution in [0, 0.1) is 11.3 Å². The van der Waals surface area contributed by atoms with E-state index in [0.29, 0.717) is 11.6 Å². The van der Waals surface area contributed by atoms with Crippen LogP contribution in [-0.2, 0) is 0 Å². The van der Waals surface area contributed by atoms with Gasteiger partial charge in [0.05, 0.1) is 11.6 Å². The zero-order valence-electron chi connectivity index (χ0n) is 8.77. The predicted molar refractivity (Wildman–Crippen MR) is 58.6 cm³/mol. The van der Waals surface area contributed by atoms with Crippen molar-refractivity contribution in [3.63, 3.8) is 0 Å². The van der Waals surface area contributed by atoms with Crippen LogP contribution in [-0.4, -0.2) is 30.7 Å². The maximum Gasteiger partial charge on any atom is 0.129 e. The first-order valence-electron chi connectivity index (χ1n) is 5.14. The van der Waals surface area contributed by atoms with E-state index in [0.717, 1.165) is 25.5 Å². The minimum absolute atomic E-state index is 0.478. The van der Waals surface area contributed by atoms with Gasteiger partial charge in [-0.15, -0.1) is 0 Å². The second kappa shape index (κ2) is 4.28. The van der Waals surface area contributed by atoms with Gasteiger partial charge in [-0.2, -0.15) is 5.26 Å². The maximum absolute atomic E-state index is 8.80. The molecule has 15 heavy (non-hydrogen) atoms. The molecule has 0 saturated carbocycles. The number of nitrogens with zero attached hydrogens (tertiary/aromatic N) is 3. The Kier molecular flexibility index (Phi) is 2.84. The minimum atomic E-state index is 0.478. The third-order valence-corrected chi connectivity index (χ3v) is 2.57. The molecule has 0 aliphatic carbocycles. The molecule has 1 saturated heterocycles. The van der Waals surface area contributed by atoms with Crippen LogP contribution in [0.15, 0.2) is 18.3 Å². The van der Waals surface area contributed by atoms with Gasteiger partial charge in [0.15, 0.2) is 0 Å². The fraction of sp³-hybridized carbons (Fsp3) is 0.455. The summed E-state index contributed by atoms with van der Waals surface area (Å²) in [6, 6.07) is 6.19. The first-order valence-corrected chi connectivity index (χ1v) is 5.14. The smallest absolute Gasteiger partial charge is 0.129 e. The fourth-order valence-electron chi connectivity index (χ4n) is 1.80. The van der Waals surface area contributed by atoms with Crippen molar-refractivity contribution in [2.45, 2.75) is 13.0 Å². The lowest BCUT2D eigenvalue weighted by Crippen LogP contribution is -2.49. The standard InChI is InChI=1S/C11H14N4/c1-9-8-15(5-4-13-9)11-6-10(7-12)2-3-14-11/h2-3,6,9,13H,4-5,8H2,1H3/t9-/m0/s1.